The molecule has 30 heavy (non-hydrogen) atoms. The molecule has 1 atom stereocenters. The van der Waals surface area contributed by atoms with Crippen LogP contribution in [-0.4, -0.2) is 41.4 Å². The average Bonchev–Trinajstić information content (AvgIpc) is 3.34. The third kappa shape index (κ3) is 4.29. The van der Waals surface area contributed by atoms with Gasteiger partial charge in [-0.1, -0.05) is 35.9 Å². The number of rotatable bonds is 5. The van der Waals surface area contributed by atoms with Crippen LogP contribution < -0.4 is 5.32 Å². The van der Waals surface area contributed by atoms with Crippen LogP contribution in [0.4, 0.5) is 9.18 Å². The SMILES string of the molecule is CN(Cc1ccc(Cl)cc1)C(=O)[C@H]1CCCN1C(=O)NC1(c2ccc(F)cc2)CC1. The van der Waals surface area contributed by atoms with Gasteiger partial charge in [0.05, 0.1) is 5.54 Å². The van der Waals surface area contributed by atoms with Gasteiger partial charge >= 0.3 is 6.03 Å². The first kappa shape index (κ1) is 20.7. The number of nitrogens with zero attached hydrogens (tertiary/aromatic N) is 2. The van der Waals surface area contributed by atoms with E-state index in [1.165, 1.54) is 12.1 Å². The fraction of sp³-hybridized carbons (Fsp3) is 0.391. The Balaban J connectivity index is 1.41. The highest BCUT2D eigenvalue weighted by molar-refractivity contribution is 6.30. The van der Waals surface area contributed by atoms with Gasteiger partial charge in [-0.05, 0) is 61.1 Å². The van der Waals surface area contributed by atoms with Gasteiger partial charge in [0.2, 0.25) is 5.91 Å². The lowest BCUT2D eigenvalue weighted by atomic mass is 10.1. The molecule has 2 fully saturated rings. The lowest BCUT2D eigenvalue weighted by molar-refractivity contribution is -0.134. The molecule has 5 nitrogen and oxygen atoms in total. The number of carbonyl (C=O) groups is 2. The van der Waals surface area contributed by atoms with E-state index in [0.717, 1.165) is 30.4 Å². The molecule has 1 aliphatic carbocycles. The average molecular weight is 430 g/mol. The van der Waals surface area contributed by atoms with Crippen molar-refractivity contribution in [3.63, 3.8) is 0 Å². The highest BCUT2D eigenvalue weighted by atomic mass is 35.5. The second kappa shape index (κ2) is 8.26. The molecule has 4 rings (SSSR count). The number of likely N-dealkylation sites (N-methyl/N-ethyl adjacent to an activating group) is 1. The summed E-state index contributed by atoms with van der Waals surface area (Å²) in [5.74, 6) is -0.362. The molecule has 158 valence electrons. The maximum Gasteiger partial charge on any atom is 0.318 e. The molecule has 1 heterocycles. The van der Waals surface area contributed by atoms with Crippen molar-refractivity contribution in [2.75, 3.05) is 13.6 Å². The highest BCUT2D eigenvalue weighted by Crippen LogP contribution is 2.45. The van der Waals surface area contributed by atoms with Crippen LogP contribution in [0.2, 0.25) is 5.02 Å². The van der Waals surface area contributed by atoms with Crippen molar-refractivity contribution in [1.82, 2.24) is 15.1 Å². The van der Waals surface area contributed by atoms with Gasteiger partial charge in [0.25, 0.3) is 0 Å². The van der Waals surface area contributed by atoms with Crippen LogP contribution in [0, 0.1) is 5.82 Å². The molecular weight excluding hydrogens is 405 g/mol. The Bertz CT molecular complexity index is 928. The van der Waals surface area contributed by atoms with Crippen LogP contribution in [0.1, 0.15) is 36.8 Å². The number of hydrogen-bond acceptors (Lipinski definition) is 2. The number of carbonyl (C=O) groups excluding carboxylic acids is 2. The first-order valence-corrected chi connectivity index (χ1v) is 10.6. The molecule has 7 heteroatoms. The van der Waals surface area contributed by atoms with Crippen molar-refractivity contribution < 1.29 is 14.0 Å². The van der Waals surface area contributed by atoms with E-state index in [2.05, 4.69) is 5.32 Å². The van der Waals surface area contributed by atoms with E-state index in [1.807, 2.05) is 12.1 Å². The number of halogens is 2. The molecule has 0 radical (unpaired) electrons. The van der Waals surface area contributed by atoms with E-state index in [1.54, 1.807) is 41.1 Å². The Kier molecular flexibility index (Phi) is 5.69. The van der Waals surface area contributed by atoms with Gasteiger partial charge < -0.3 is 15.1 Å². The van der Waals surface area contributed by atoms with Crippen LogP contribution in [0.15, 0.2) is 48.5 Å². The molecule has 1 saturated carbocycles. The number of nitrogens with one attached hydrogen (secondary N) is 1. The molecule has 2 aromatic carbocycles. The zero-order valence-electron chi connectivity index (χ0n) is 16.9. The van der Waals surface area contributed by atoms with E-state index in [4.69, 9.17) is 11.6 Å². The minimum absolute atomic E-state index is 0.0655. The topological polar surface area (TPSA) is 52.7 Å². The second-order valence-electron chi connectivity index (χ2n) is 8.19. The van der Waals surface area contributed by atoms with Gasteiger partial charge in [-0.15, -0.1) is 0 Å². The first-order chi connectivity index (χ1) is 14.4. The van der Waals surface area contributed by atoms with E-state index in [9.17, 15) is 14.0 Å². The molecular formula is C23H25ClFN3O2. The summed E-state index contributed by atoms with van der Waals surface area (Å²) in [7, 11) is 1.76. The van der Waals surface area contributed by atoms with E-state index < -0.39 is 11.6 Å². The number of likely N-dealkylation sites (tertiary alicyclic amines) is 1. The number of benzene rings is 2. The van der Waals surface area contributed by atoms with Gasteiger partial charge in [-0.3, -0.25) is 4.79 Å². The summed E-state index contributed by atoms with van der Waals surface area (Å²) in [5.41, 5.74) is 1.44. The summed E-state index contributed by atoms with van der Waals surface area (Å²) >= 11 is 5.93. The fourth-order valence-corrected chi connectivity index (χ4v) is 4.24. The maximum atomic E-state index is 13.3. The van der Waals surface area contributed by atoms with Crippen molar-refractivity contribution in [2.45, 2.75) is 43.8 Å². The molecule has 0 unspecified atom stereocenters. The van der Waals surface area contributed by atoms with Gasteiger partial charge in [-0.25, -0.2) is 9.18 Å². The smallest absolute Gasteiger partial charge is 0.318 e. The second-order valence-corrected chi connectivity index (χ2v) is 8.63. The van der Waals surface area contributed by atoms with Gasteiger partial charge in [0.1, 0.15) is 11.9 Å². The third-order valence-electron chi connectivity index (χ3n) is 6.00. The van der Waals surface area contributed by atoms with E-state index in [0.29, 0.717) is 24.5 Å². The Labute approximate surface area is 180 Å². The molecule has 2 aromatic rings. The molecule has 3 amide bonds. The molecule has 1 aliphatic heterocycles. The first-order valence-electron chi connectivity index (χ1n) is 10.2. The van der Waals surface area contributed by atoms with Gasteiger partial charge in [0.15, 0.2) is 0 Å². The minimum Gasteiger partial charge on any atom is -0.340 e. The maximum absolute atomic E-state index is 13.3. The lowest BCUT2D eigenvalue weighted by Crippen LogP contribution is -2.51. The molecule has 0 aromatic heterocycles. The predicted molar refractivity (Wildman–Crippen MR) is 113 cm³/mol. The van der Waals surface area contributed by atoms with Crippen molar-refractivity contribution in [3.8, 4) is 0 Å². The van der Waals surface area contributed by atoms with Crippen molar-refractivity contribution >= 4 is 23.5 Å². The fourth-order valence-electron chi connectivity index (χ4n) is 4.12. The van der Waals surface area contributed by atoms with E-state index >= 15 is 0 Å². The Morgan fingerprint density at radius 1 is 1.17 bits per heavy atom. The quantitative estimate of drug-likeness (QED) is 0.770. The summed E-state index contributed by atoms with van der Waals surface area (Å²) in [5, 5.41) is 3.76. The molecule has 2 aliphatic rings. The van der Waals surface area contributed by atoms with E-state index in [-0.39, 0.29) is 17.8 Å². The number of urea groups is 1. The van der Waals surface area contributed by atoms with Crippen LogP contribution in [0.5, 0.6) is 0 Å². The minimum atomic E-state index is -0.466. The summed E-state index contributed by atoms with van der Waals surface area (Å²) in [6, 6.07) is 13.0. The highest BCUT2D eigenvalue weighted by Gasteiger charge is 2.47. The number of amides is 3. The largest absolute Gasteiger partial charge is 0.340 e. The molecule has 0 bridgehead atoms. The summed E-state index contributed by atoms with van der Waals surface area (Å²) in [6.07, 6.45) is 3.07. The van der Waals surface area contributed by atoms with Crippen LogP contribution >= 0.6 is 11.6 Å². The van der Waals surface area contributed by atoms with Gasteiger partial charge in [0, 0.05) is 25.2 Å². The predicted octanol–water partition coefficient (Wildman–Crippen LogP) is 4.30. The van der Waals surface area contributed by atoms with Crippen molar-refractivity contribution in [3.05, 3.63) is 70.5 Å². The molecule has 1 N–H and O–H groups in total. The van der Waals surface area contributed by atoms with Crippen molar-refractivity contribution in [1.29, 1.82) is 0 Å². The van der Waals surface area contributed by atoms with Crippen LogP contribution in [0.3, 0.4) is 0 Å². The van der Waals surface area contributed by atoms with Crippen LogP contribution in [0.25, 0.3) is 0 Å². The Morgan fingerprint density at radius 3 is 2.47 bits per heavy atom. The number of hydrogen-bond donors (Lipinski definition) is 1. The lowest BCUT2D eigenvalue weighted by Gasteiger charge is -2.30. The summed E-state index contributed by atoms with van der Waals surface area (Å²) < 4.78 is 13.3. The molecule has 1 saturated heterocycles. The summed E-state index contributed by atoms with van der Waals surface area (Å²) in [4.78, 5) is 29.4. The Morgan fingerprint density at radius 2 is 1.83 bits per heavy atom. The Hall–Kier alpha value is -2.60. The monoisotopic (exact) mass is 429 g/mol. The molecule has 0 spiro atoms. The standard InChI is InChI=1S/C23H25ClFN3O2/c1-27(15-16-4-8-18(24)9-5-16)21(29)20-3-2-14-28(20)22(30)26-23(12-13-23)17-6-10-19(25)11-7-17/h4-11,20H,2-3,12-15H2,1H3,(H,26,30)/t20-/m1/s1. The zero-order valence-corrected chi connectivity index (χ0v) is 17.7. The van der Waals surface area contributed by atoms with Crippen LogP contribution in [-0.2, 0) is 16.9 Å². The normalized spacial score (nSPS) is 19.4. The summed E-state index contributed by atoms with van der Waals surface area (Å²) in [6.45, 7) is 1.01. The zero-order chi connectivity index (χ0) is 21.3. The van der Waals surface area contributed by atoms with Crippen molar-refractivity contribution in [2.24, 2.45) is 0 Å². The third-order valence-corrected chi connectivity index (χ3v) is 6.25. The van der Waals surface area contributed by atoms with Gasteiger partial charge in [-0.2, -0.15) is 0 Å².